The van der Waals surface area contributed by atoms with E-state index in [1.807, 2.05) is 0 Å². The lowest BCUT2D eigenvalue weighted by molar-refractivity contribution is -0.234. The summed E-state index contributed by atoms with van der Waals surface area (Å²) in [4.78, 5) is 0. The highest BCUT2D eigenvalue weighted by molar-refractivity contribution is 5.18. The van der Waals surface area contributed by atoms with Gasteiger partial charge in [0.1, 0.15) is 0 Å². The molecule has 33 heavy (non-hydrogen) atoms. The molecule has 0 amide bonds. The first-order valence-electron chi connectivity index (χ1n) is 14.7. The molecule has 0 heterocycles. The Balaban J connectivity index is 1.56. The number of nitrogens with one attached hydrogen (secondary N) is 1. The number of hydrogen-bond acceptors (Lipinski definition) is 3. The first-order chi connectivity index (χ1) is 15.6. The number of aliphatic hydroxyl groups is 2. The second-order valence-corrected chi connectivity index (χ2v) is 13.9. The molecule has 4 saturated carbocycles. The van der Waals surface area contributed by atoms with Gasteiger partial charge in [0.15, 0.2) is 0 Å². The number of hydrogen-bond donors (Lipinski definition) is 3. The average molecular weight is 462 g/mol. The zero-order valence-electron chi connectivity index (χ0n) is 22.7. The van der Waals surface area contributed by atoms with Crippen molar-refractivity contribution in [1.29, 1.82) is 0 Å². The molecule has 0 aromatic heterocycles. The van der Waals surface area contributed by atoms with E-state index < -0.39 is 5.60 Å². The molecule has 0 aromatic rings. The number of rotatable bonds is 8. The van der Waals surface area contributed by atoms with Gasteiger partial charge >= 0.3 is 0 Å². The van der Waals surface area contributed by atoms with Gasteiger partial charge < -0.3 is 15.5 Å². The van der Waals surface area contributed by atoms with Crippen LogP contribution in [0.3, 0.4) is 0 Å². The van der Waals surface area contributed by atoms with Crippen LogP contribution in [0, 0.1) is 46.3 Å². The Morgan fingerprint density at radius 2 is 1.73 bits per heavy atom. The molecular weight excluding hydrogens is 406 g/mol. The van der Waals surface area contributed by atoms with Crippen molar-refractivity contribution in [2.45, 2.75) is 136 Å². The van der Waals surface area contributed by atoms with Gasteiger partial charge in [-0.25, -0.2) is 0 Å². The fraction of sp³-hybridized carbons (Fsp3) is 1.00. The van der Waals surface area contributed by atoms with Crippen molar-refractivity contribution in [3.05, 3.63) is 0 Å². The Hall–Kier alpha value is -0.120. The van der Waals surface area contributed by atoms with Crippen LogP contribution in [-0.4, -0.2) is 34.5 Å². The van der Waals surface area contributed by atoms with Crippen LogP contribution in [0.25, 0.3) is 0 Å². The maximum absolute atomic E-state index is 12.2. The fourth-order valence-corrected chi connectivity index (χ4v) is 9.89. The smallest absolute Gasteiger partial charge is 0.0880 e. The minimum absolute atomic E-state index is 0.0666. The summed E-state index contributed by atoms with van der Waals surface area (Å²) >= 11 is 0. The SMILES string of the molecule is CCCNC1C[C@H]2[C@@H]3CC[C@H]([C@H](C)CCCC(C)C)[C@@]3(C)CC[C@@H]2[C@@]2(C)CCC(O)CC12O. The number of fused-ring (bicyclic) bond motifs is 5. The van der Waals surface area contributed by atoms with Gasteiger partial charge in [0.2, 0.25) is 0 Å². The molecule has 192 valence electrons. The van der Waals surface area contributed by atoms with Gasteiger partial charge in [-0.3, -0.25) is 0 Å². The molecule has 0 spiro atoms. The molecule has 3 heteroatoms. The molecule has 4 aliphatic carbocycles. The summed E-state index contributed by atoms with van der Waals surface area (Å²) < 4.78 is 0. The van der Waals surface area contributed by atoms with Crippen LogP contribution in [-0.2, 0) is 0 Å². The van der Waals surface area contributed by atoms with Gasteiger partial charge in [-0.05, 0) is 98.8 Å². The largest absolute Gasteiger partial charge is 0.393 e. The summed E-state index contributed by atoms with van der Waals surface area (Å²) in [7, 11) is 0. The van der Waals surface area contributed by atoms with Gasteiger partial charge in [0.25, 0.3) is 0 Å². The molecule has 0 saturated heterocycles. The summed E-state index contributed by atoms with van der Waals surface area (Å²) in [6, 6.07) is 0.128. The summed E-state index contributed by atoms with van der Waals surface area (Å²) in [5, 5.41) is 26.6. The van der Waals surface area contributed by atoms with Crippen LogP contribution in [0.2, 0.25) is 0 Å². The van der Waals surface area contributed by atoms with Crippen LogP contribution in [0.15, 0.2) is 0 Å². The van der Waals surface area contributed by atoms with Crippen molar-refractivity contribution < 1.29 is 10.2 Å². The lowest BCUT2D eigenvalue weighted by Crippen LogP contribution is -2.71. The Bertz CT molecular complexity index is 666. The van der Waals surface area contributed by atoms with E-state index in [0.29, 0.717) is 17.8 Å². The summed E-state index contributed by atoms with van der Waals surface area (Å²) in [6.45, 7) is 15.5. The third-order valence-electron chi connectivity index (χ3n) is 11.7. The van der Waals surface area contributed by atoms with Crippen LogP contribution in [0.1, 0.15) is 119 Å². The molecule has 4 rings (SSSR count). The van der Waals surface area contributed by atoms with Gasteiger partial charge in [-0.15, -0.1) is 0 Å². The zero-order valence-corrected chi connectivity index (χ0v) is 22.7. The lowest BCUT2D eigenvalue weighted by Gasteiger charge is -2.66. The van der Waals surface area contributed by atoms with Crippen LogP contribution in [0.5, 0.6) is 0 Å². The molecule has 10 atom stereocenters. The van der Waals surface area contributed by atoms with E-state index >= 15 is 0 Å². The van der Waals surface area contributed by atoms with E-state index in [9.17, 15) is 10.2 Å². The van der Waals surface area contributed by atoms with Gasteiger partial charge in [-0.1, -0.05) is 60.8 Å². The molecule has 0 radical (unpaired) electrons. The van der Waals surface area contributed by atoms with E-state index in [-0.39, 0.29) is 17.6 Å². The monoisotopic (exact) mass is 461 g/mol. The minimum Gasteiger partial charge on any atom is -0.393 e. The summed E-state index contributed by atoms with van der Waals surface area (Å²) in [6.07, 6.45) is 13.9. The Kier molecular flexibility index (Phi) is 7.66. The highest BCUT2D eigenvalue weighted by Gasteiger charge is 2.67. The Morgan fingerprint density at radius 3 is 2.42 bits per heavy atom. The van der Waals surface area contributed by atoms with Crippen molar-refractivity contribution in [3.63, 3.8) is 0 Å². The molecule has 0 aromatic carbocycles. The van der Waals surface area contributed by atoms with Crippen molar-refractivity contribution in [1.82, 2.24) is 5.32 Å². The highest BCUT2D eigenvalue weighted by atomic mass is 16.3. The third-order valence-corrected chi connectivity index (χ3v) is 11.7. The molecule has 3 nitrogen and oxygen atoms in total. The van der Waals surface area contributed by atoms with E-state index in [2.05, 4.69) is 46.9 Å². The quantitative estimate of drug-likeness (QED) is 0.383. The molecule has 3 N–H and O–H groups in total. The second kappa shape index (κ2) is 9.74. The molecule has 4 aliphatic rings. The minimum atomic E-state index is -0.767. The van der Waals surface area contributed by atoms with Gasteiger partial charge in [-0.2, -0.15) is 0 Å². The highest BCUT2D eigenvalue weighted by Crippen LogP contribution is 2.69. The lowest BCUT2D eigenvalue weighted by atomic mass is 9.42. The van der Waals surface area contributed by atoms with Crippen LogP contribution < -0.4 is 5.32 Å². The molecule has 3 unspecified atom stereocenters. The van der Waals surface area contributed by atoms with Gasteiger partial charge in [0.05, 0.1) is 11.7 Å². The van der Waals surface area contributed by atoms with E-state index in [4.69, 9.17) is 0 Å². The zero-order chi connectivity index (χ0) is 24.0. The summed E-state index contributed by atoms with van der Waals surface area (Å²) in [5.41, 5.74) is -0.354. The first-order valence-corrected chi connectivity index (χ1v) is 14.7. The third kappa shape index (κ3) is 4.35. The molecule has 4 fully saturated rings. The Morgan fingerprint density at radius 1 is 0.970 bits per heavy atom. The predicted molar refractivity (Wildman–Crippen MR) is 138 cm³/mol. The normalized spacial score (nSPS) is 48.3. The van der Waals surface area contributed by atoms with E-state index in [0.717, 1.165) is 61.8 Å². The van der Waals surface area contributed by atoms with E-state index in [1.165, 1.54) is 44.9 Å². The predicted octanol–water partition coefficient (Wildman–Crippen LogP) is 6.56. The summed E-state index contributed by atoms with van der Waals surface area (Å²) in [5.74, 6) is 4.69. The number of aliphatic hydroxyl groups excluding tert-OH is 1. The van der Waals surface area contributed by atoms with Crippen LogP contribution >= 0.6 is 0 Å². The van der Waals surface area contributed by atoms with Crippen molar-refractivity contribution >= 4 is 0 Å². The first kappa shape index (κ1) is 26.0. The average Bonchev–Trinajstić information content (AvgIpc) is 3.10. The molecule has 0 bridgehead atoms. The Labute approximate surface area is 204 Å². The van der Waals surface area contributed by atoms with Gasteiger partial charge in [0, 0.05) is 17.9 Å². The van der Waals surface area contributed by atoms with Crippen molar-refractivity contribution in [2.75, 3.05) is 6.54 Å². The topological polar surface area (TPSA) is 52.5 Å². The van der Waals surface area contributed by atoms with E-state index in [1.54, 1.807) is 0 Å². The van der Waals surface area contributed by atoms with Crippen molar-refractivity contribution in [3.8, 4) is 0 Å². The van der Waals surface area contributed by atoms with Crippen LogP contribution in [0.4, 0.5) is 0 Å². The standard InChI is InChI=1S/C30H55NO2/c1-7-17-31-27-18-23-25-12-11-24(21(4)10-8-9-20(2)3)28(25,5)15-14-26(23)29(6)16-13-22(32)19-30(27,29)33/h20-27,31-33H,7-19H2,1-6H3/t21-,22?,23+,24-,25+,26+,27?,28-,29-,30?/m1/s1. The second-order valence-electron chi connectivity index (χ2n) is 13.9. The maximum atomic E-state index is 12.2. The maximum Gasteiger partial charge on any atom is 0.0880 e. The fourth-order valence-electron chi connectivity index (χ4n) is 9.89. The molecule has 0 aliphatic heterocycles. The van der Waals surface area contributed by atoms with Crippen molar-refractivity contribution in [2.24, 2.45) is 46.3 Å². The molecular formula is C30H55NO2.